The molecule has 0 spiro atoms. The Kier molecular flexibility index (Phi) is 7.08. The van der Waals surface area contributed by atoms with Crippen molar-refractivity contribution in [2.24, 2.45) is 29.6 Å². The van der Waals surface area contributed by atoms with E-state index in [-0.39, 0.29) is 47.8 Å². The topological polar surface area (TPSA) is 77.5 Å². The highest BCUT2D eigenvalue weighted by molar-refractivity contribution is 5.75. The number of amides is 1. The number of alkyl carbamates (subject to hydrolysis) is 1. The zero-order valence-corrected chi connectivity index (χ0v) is 20.7. The maximum Gasteiger partial charge on any atom is 0.407 e. The Bertz CT molecular complexity index is 1130. The molecule has 0 unspecified atom stereocenters. The molecule has 6 nitrogen and oxygen atoms in total. The van der Waals surface area contributed by atoms with E-state index in [1.165, 1.54) is 12.1 Å². The highest BCUT2D eigenvalue weighted by atomic mass is 19.1. The molecule has 1 aromatic carbocycles. The van der Waals surface area contributed by atoms with Crippen LogP contribution in [0.5, 0.6) is 0 Å². The monoisotopic (exact) mass is 492 g/mol. The maximum atomic E-state index is 13.6. The lowest BCUT2D eigenvalue weighted by atomic mass is 9.57. The molecule has 0 radical (unpaired) electrons. The number of aromatic nitrogens is 1. The van der Waals surface area contributed by atoms with Crippen LogP contribution in [0, 0.1) is 35.4 Å². The van der Waals surface area contributed by atoms with Crippen LogP contribution in [0.4, 0.5) is 9.18 Å². The minimum Gasteiger partial charge on any atom is -0.462 e. The summed E-state index contributed by atoms with van der Waals surface area (Å²) in [6.07, 6.45) is 9.07. The van der Waals surface area contributed by atoms with E-state index in [4.69, 9.17) is 9.47 Å². The van der Waals surface area contributed by atoms with Gasteiger partial charge in [0.2, 0.25) is 0 Å². The van der Waals surface area contributed by atoms with Crippen molar-refractivity contribution in [1.82, 2.24) is 10.3 Å². The van der Waals surface area contributed by atoms with Gasteiger partial charge >= 0.3 is 12.1 Å². The lowest BCUT2D eigenvalue weighted by molar-refractivity contribution is -0.144. The van der Waals surface area contributed by atoms with Crippen LogP contribution in [-0.2, 0) is 14.3 Å². The molecule has 3 fully saturated rings. The van der Waals surface area contributed by atoms with Gasteiger partial charge in [-0.3, -0.25) is 9.78 Å². The van der Waals surface area contributed by atoms with Gasteiger partial charge < -0.3 is 14.8 Å². The van der Waals surface area contributed by atoms with Crippen LogP contribution in [0.2, 0.25) is 0 Å². The summed E-state index contributed by atoms with van der Waals surface area (Å²) in [5, 5.41) is 3.00. The summed E-state index contributed by atoms with van der Waals surface area (Å²) in [6, 6.07) is 10.4. The van der Waals surface area contributed by atoms with Crippen LogP contribution in [0.25, 0.3) is 17.2 Å². The molecular formula is C29H33FN2O4. The first-order chi connectivity index (χ1) is 17.4. The number of cyclic esters (lactones) is 1. The summed E-state index contributed by atoms with van der Waals surface area (Å²) in [4.78, 5) is 29.2. The Balaban J connectivity index is 1.34. The van der Waals surface area contributed by atoms with Gasteiger partial charge in [-0.1, -0.05) is 24.3 Å². The average molecular weight is 493 g/mol. The molecule has 1 saturated heterocycles. The van der Waals surface area contributed by atoms with Crippen LogP contribution in [0.15, 0.2) is 48.7 Å². The number of halogens is 1. The van der Waals surface area contributed by atoms with Crippen LogP contribution < -0.4 is 5.32 Å². The summed E-state index contributed by atoms with van der Waals surface area (Å²) < 4.78 is 24.3. The summed E-state index contributed by atoms with van der Waals surface area (Å²) in [7, 11) is 0. The number of rotatable bonds is 5. The van der Waals surface area contributed by atoms with E-state index in [0.29, 0.717) is 18.4 Å². The normalized spacial score (nSPS) is 31.4. The van der Waals surface area contributed by atoms with Gasteiger partial charge in [-0.25, -0.2) is 9.18 Å². The molecule has 0 bridgehead atoms. The van der Waals surface area contributed by atoms with Gasteiger partial charge in [0.05, 0.1) is 18.2 Å². The van der Waals surface area contributed by atoms with Crippen molar-refractivity contribution >= 4 is 18.1 Å². The molecule has 5 rings (SSSR count). The number of nitrogens with one attached hydrogen (secondary N) is 1. The second kappa shape index (κ2) is 10.4. The molecule has 3 aliphatic rings. The SMILES string of the molecule is CCOC(=O)N[C@@H]1CC[C@H]2[C@H](C1)C[C@@H]1C(=O)O[C@H](C)[C@@H]1[C@@H]2/C=C/c1ccc(-c2cccc(F)c2)cn1. The van der Waals surface area contributed by atoms with Crippen molar-refractivity contribution in [2.45, 2.75) is 51.7 Å². The van der Waals surface area contributed by atoms with E-state index >= 15 is 0 Å². The van der Waals surface area contributed by atoms with Gasteiger partial charge in [-0.15, -0.1) is 0 Å². The smallest absolute Gasteiger partial charge is 0.407 e. The first-order valence-electron chi connectivity index (χ1n) is 13.0. The Morgan fingerprint density at radius 2 is 2.08 bits per heavy atom. The lowest BCUT2D eigenvalue weighted by Crippen LogP contribution is -2.48. The highest BCUT2D eigenvalue weighted by Crippen LogP contribution is 2.53. The summed E-state index contributed by atoms with van der Waals surface area (Å²) >= 11 is 0. The molecule has 36 heavy (non-hydrogen) atoms. The van der Waals surface area contributed by atoms with Crippen molar-refractivity contribution in [1.29, 1.82) is 0 Å². The molecular weight excluding hydrogens is 459 g/mol. The third kappa shape index (κ3) is 5.01. The number of esters is 1. The average Bonchev–Trinajstić information content (AvgIpc) is 3.15. The Morgan fingerprint density at radius 3 is 2.83 bits per heavy atom. The lowest BCUT2D eigenvalue weighted by Gasteiger charge is -2.47. The van der Waals surface area contributed by atoms with Crippen molar-refractivity contribution in [3.63, 3.8) is 0 Å². The third-order valence-corrected chi connectivity index (χ3v) is 8.18. The quantitative estimate of drug-likeness (QED) is 0.548. The van der Waals surface area contributed by atoms with E-state index in [2.05, 4.69) is 16.4 Å². The molecule has 1 aliphatic heterocycles. The largest absolute Gasteiger partial charge is 0.462 e. The fourth-order valence-corrected chi connectivity index (χ4v) is 6.64. The van der Waals surface area contributed by atoms with Gasteiger partial charge in [0.25, 0.3) is 0 Å². The molecule has 1 N–H and O–H groups in total. The molecule has 190 valence electrons. The number of hydrogen-bond acceptors (Lipinski definition) is 5. The molecule has 2 aromatic rings. The van der Waals surface area contributed by atoms with Gasteiger partial charge in [0, 0.05) is 23.7 Å². The Morgan fingerprint density at radius 1 is 1.22 bits per heavy atom. The zero-order chi connectivity index (χ0) is 25.2. The predicted molar refractivity (Wildman–Crippen MR) is 134 cm³/mol. The maximum absolute atomic E-state index is 13.6. The molecule has 7 heteroatoms. The number of allylic oxidation sites excluding steroid dienone is 1. The number of carbonyl (C=O) groups excluding carboxylic acids is 2. The van der Waals surface area contributed by atoms with Gasteiger partial charge in [-0.05, 0) is 87.1 Å². The van der Waals surface area contributed by atoms with Crippen LogP contribution in [0.1, 0.15) is 45.2 Å². The fraction of sp³-hybridized carbons (Fsp3) is 0.483. The first kappa shape index (κ1) is 24.5. The van der Waals surface area contributed by atoms with Crippen molar-refractivity contribution < 1.29 is 23.5 Å². The summed E-state index contributed by atoms with van der Waals surface area (Å²) in [5.74, 6) is 0.629. The second-order valence-corrected chi connectivity index (χ2v) is 10.3. The fourth-order valence-electron chi connectivity index (χ4n) is 6.64. The number of hydrogen-bond donors (Lipinski definition) is 1. The predicted octanol–water partition coefficient (Wildman–Crippen LogP) is 5.63. The van der Waals surface area contributed by atoms with Crippen molar-refractivity contribution in [3.05, 3.63) is 60.2 Å². The van der Waals surface area contributed by atoms with E-state index in [0.717, 1.165) is 42.5 Å². The van der Waals surface area contributed by atoms with Crippen LogP contribution >= 0.6 is 0 Å². The van der Waals surface area contributed by atoms with Gasteiger partial charge in [0.15, 0.2) is 0 Å². The molecule has 2 heterocycles. The molecule has 1 amide bonds. The van der Waals surface area contributed by atoms with Gasteiger partial charge in [-0.2, -0.15) is 0 Å². The highest BCUT2D eigenvalue weighted by Gasteiger charge is 2.54. The van der Waals surface area contributed by atoms with Crippen molar-refractivity contribution in [2.75, 3.05) is 6.61 Å². The summed E-state index contributed by atoms with van der Waals surface area (Å²) in [6.45, 7) is 4.15. The zero-order valence-electron chi connectivity index (χ0n) is 20.7. The standard InChI is InChI=1S/C29H33FN2O4/c1-3-35-29(34)32-23-10-11-24-20(14-23)15-26-27(17(2)36-28(26)33)25(24)12-9-22-8-7-19(16-31-22)18-5-4-6-21(30)13-18/h4-9,12-13,16-17,20,23-27H,3,10-11,14-15H2,1-2H3,(H,32,34)/b12-9+/t17-,20-,23-,24+,25-,26+,27-/m1/s1. The molecule has 1 aromatic heterocycles. The van der Waals surface area contributed by atoms with Gasteiger partial charge in [0.1, 0.15) is 11.9 Å². The minimum absolute atomic E-state index is 0.0679. The molecule has 7 atom stereocenters. The summed E-state index contributed by atoms with van der Waals surface area (Å²) in [5.41, 5.74) is 2.48. The van der Waals surface area contributed by atoms with E-state index in [9.17, 15) is 14.0 Å². The number of fused-ring (bicyclic) bond motifs is 2. The van der Waals surface area contributed by atoms with E-state index in [1.54, 1.807) is 19.2 Å². The Hall–Kier alpha value is -3.22. The minimum atomic E-state index is -0.368. The van der Waals surface area contributed by atoms with E-state index in [1.807, 2.05) is 31.2 Å². The first-order valence-corrected chi connectivity index (χ1v) is 13.0. The van der Waals surface area contributed by atoms with E-state index < -0.39 is 0 Å². The number of pyridine rings is 1. The molecule has 2 aliphatic carbocycles. The van der Waals surface area contributed by atoms with Crippen molar-refractivity contribution in [3.8, 4) is 11.1 Å². The molecule has 2 saturated carbocycles. The number of nitrogens with zero attached hydrogens (tertiary/aromatic N) is 1. The third-order valence-electron chi connectivity index (χ3n) is 8.18. The van der Waals surface area contributed by atoms with Crippen LogP contribution in [-0.4, -0.2) is 35.8 Å². The number of carbonyl (C=O) groups is 2. The second-order valence-electron chi connectivity index (χ2n) is 10.3. The Labute approximate surface area is 211 Å². The number of benzene rings is 1. The van der Waals surface area contributed by atoms with Crippen LogP contribution in [0.3, 0.4) is 0 Å². The number of ether oxygens (including phenoxy) is 2.